The van der Waals surface area contributed by atoms with Gasteiger partial charge in [0.15, 0.2) is 0 Å². The third-order valence-corrected chi connectivity index (χ3v) is 2.44. The van der Waals surface area contributed by atoms with Crippen molar-refractivity contribution in [2.45, 2.75) is 19.9 Å². The van der Waals surface area contributed by atoms with E-state index in [1.807, 2.05) is 7.05 Å². The molecular weight excluding hydrogens is 168 g/mol. The molecular formula is C9H18N2O2. The van der Waals surface area contributed by atoms with Gasteiger partial charge in [0.2, 0.25) is 0 Å². The number of nitrogens with zero attached hydrogens (tertiary/aromatic N) is 1. The Hall–Kier alpha value is -0.770. The molecule has 0 unspecified atom stereocenters. The van der Waals surface area contributed by atoms with E-state index < -0.39 is 0 Å². The number of ether oxygens (including phenoxy) is 1. The Balaban J connectivity index is 2.41. The van der Waals surface area contributed by atoms with Gasteiger partial charge in [0.1, 0.15) is 6.61 Å². The van der Waals surface area contributed by atoms with Crippen molar-refractivity contribution >= 4 is 6.09 Å². The van der Waals surface area contributed by atoms with Crippen LogP contribution in [0.2, 0.25) is 0 Å². The average Bonchev–Trinajstić information content (AvgIpc) is 2.46. The molecule has 4 nitrogen and oxygen atoms in total. The molecule has 0 aromatic rings. The summed E-state index contributed by atoms with van der Waals surface area (Å²) in [5, 5.41) is 3.20. The van der Waals surface area contributed by atoms with Gasteiger partial charge in [-0.3, -0.25) is 0 Å². The predicted molar refractivity (Wildman–Crippen MR) is 50.6 cm³/mol. The van der Waals surface area contributed by atoms with Gasteiger partial charge >= 0.3 is 6.09 Å². The summed E-state index contributed by atoms with van der Waals surface area (Å²) >= 11 is 0. The molecule has 1 saturated heterocycles. The first-order valence-electron chi connectivity index (χ1n) is 4.74. The fraction of sp³-hybridized carbons (Fsp3) is 0.889. The van der Waals surface area contributed by atoms with Crippen molar-refractivity contribution in [2.75, 3.05) is 26.7 Å². The molecule has 1 atom stereocenters. The molecule has 1 rings (SSSR count). The molecule has 0 radical (unpaired) electrons. The molecule has 1 aliphatic rings. The smallest absolute Gasteiger partial charge is 0.409 e. The largest absolute Gasteiger partial charge is 0.448 e. The van der Waals surface area contributed by atoms with Crippen LogP contribution in [0, 0.1) is 5.92 Å². The van der Waals surface area contributed by atoms with E-state index in [0.717, 1.165) is 13.1 Å². The lowest BCUT2D eigenvalue weighted by atomic mass is 10.0. The molecule has 1 heterocycles. The topological polar surface area (TPSA) is 41.6 Å². The zero-order valence-electron chi connectivity index (χ0n) is 8.54. The lowest BCUT2D eigenvalue weighted by Gasteiger charge is -2.24. The number of carbonyl (C=O) groups excluding carboxylic acids is 1. The zero-order chi connectivity index (χ0) is 9.84. The Morgan fingerprint density at radius 1 is 1.62 bits per heavy atom. The van der Waals surface area contributed by atoms with Crippen LogP contribution in [0.1, 0.15) is 13.8 Å². The van der Waals surface area contributed by atoms with Gasteiger partial charge in [-0.2, -0.15) is 0 Å². The van der Waals surface area contributed by atoms with E-state index in [9.17, 15) is 4.79 Å². The van der Waals surface area contributed by atoms with Crippen LogP contribution in [0.3, 0.4) is 0 Å². The molecule has 1 N–H and O–H groups in total. The second kappa shape index (κ2) is 4.46. The molecule has 0 spiro atoms. The molecule has 1 fully saturated rings. The summed E-state index contributed by atoms with van der Waals surface area (Å²) in [7, 11) is 1.92. The molecule has 0 aromatic carbocycles. The normalized spacial score (nSPS) is 19.4. The van der Waals surface area contributed by atoms with Crippen molar-refractivity contribution in [3.63, 3.8) is 0 Å². The Morgan fingerprint density at radius 3 is 2.69 bits per heavy atom. The highest BCUT2D eigenvalue weighted by Gasteiger charge is 2.25. The van der Waals surface area contributed by atoms with Crippen molar-refractivity contribution in [3.05, 3.63) is 0 Å². The maximum Gasteiger partial charge on any atom is 0.409 e. The first kappa shape index (κ1) is 10.3. The number of hydrogen-bond acceptors (Lipinski definition) is 3. The van der Waals surface area contributed by atoms with Gasteiger partial charge in [-0.25, -0.2) is 4.79 Å². The van der Waals surface area contributed by atoms with Crippen LogP contribution in [-0.4, -0.2) is 43.8 Å². The molecule has 1 aliphatic heterocycles. The predicted octanol–water partition coefficient (Wildman–Crippen LogP) is 0.683. The fourth-order valence-electron chi connectivity index (χ4n) is 1.46. The fourth-order valence-corrected chi connectivity index (χ4v) is 1.46. The number of hydrogen-bond donors (Lipinski definition) is 1. The minimum absolute atomic E-state index is 0.180. The van der Waals surface area contributed by atoms with Crippen LogP contribution < -0.4 is 5.32 Å². The lowest BCUT2D eigenvalue weighted by molar-refractivity contribution is 0.154. The third kappa shape index (κ3) is 2.59. The summed E-state index contributed by atoms with van der Waals surface area (Å²) in [5.41, 5.74) is 0. The van der Waals surface area contributed by atoms with E-state index >= 15 is 0 Å². The van der Waals surface area contributed by atoms with E-state index in [-0.39, 0.29) is 6.09 Å². The summed E-state index contributed by atoms with van der Waals surface area (Å²) in [6.07, 6.45) is -0.180. The van der Waals surface area contributed by atoms with Crippen molar-refractivity contribution in [2.24, 2.45) is 5.92 Å². The summed E-state index contributed by atoms with van der Waals surface area (Å²) < 4.78 is 4.85. The summed E-state index contributed by atoms with van der Waals surface area (Å²) in [6, 6.07) is 0.352. The standard InChI is InChI=1S/C9H18N2O2/c1-7(2)8(10-3)6-11-4-5-13-9(11)12/h7-8,10H,4-6H2,1-3H3/t8-/m1/s1. The van der Waals surface area contributed by atoms with E-state index in [1.54, 1.807) is 4.90 Å². The summed E-state index contributed by atoms with van der Waals surface area (Å²) in [6.45, 7) is 6.29. The number of nitrogens with one attached hydrogen (secondary N) is 1. The van der Waals surface area contributed by atoms with E-state index in [2.05, 4.69) is 19.2 Å². The van der Waals surface area contributed by atoms with Gasteiger partial charge in [-0.1, -0.05) is 13.8 Å². The number of amides is 1. The van der Waals surface area contributed by atoms with E-state index in [4.69, 9.17) is 4.74 Å². The molecule has 4 heteroatoms. The summed E-state index contributed by atoms with van der Waals surface area (Å²) in [5.74, 6) is 0.526. The van der Waals surface area contributed by atoms with Crippen LogP contribution in [0.15, 0.2) is 0 Å². The van der Waals surface area contributed by atoms with Crippen LogP contribution in [-0.2, 0) is 4.74 Å². The Kier molecular flexibility index (Phi) is 3.54. The van der Waals surface area contributed by atoms with Crippen LogP contribution in [0.25, 0.3) is 0 Å². The SMILES string of the molecule is CN[C@H](CN1CCOC1=O)C(C)C. The quantitative estimate of drug-likeness (QED) is 0.702. The van der Waals surface area contributed by atoms with Crippen molar-refractivity contribution in [3.8, 4) is 0 Å². The Bertz CT molecular complexity index is 182. The van der Waals surface area contributed by atoms with Crippen LogP contribution >= 0.6 is 0 Å². The van der Waals surface area contributed by atoms with Gasteiger partial charge in [-0.15, -0.1) is 0 Å². The van der Waals surface area contributed by atoms with Crippen LogP contribution in [0.5, 0.6) is 0 Å². The Labute approximate surface area is 79.2 Å². The summed E-state index contributed by atoms with van der Waals surface area (Å²) in [4.78, 5) is 12.9. The first-order chi connectivity index (χ1) is 6.15. The maximum atomic E-state index is 11.1. The van der Waals surface area contributed by atoms with Crippen molar-refractivity contribution in [1.29, 1.82) is 0 Å². The van der Waals surface area contributed by atoms with Crippen molar-refractivity contribution < 1.29 is 9.53 Å². The van der Waals surface area contributed by atoms with Gasteiger partial charge in [-0.05, 0) is 13.0 Å². The molecule has 1 amide bonds. The van der Waals surface area contributed by atoms with Gasteiger partial charge in [0, 0.05) is 12.6 Å². The number of likely N-dealkylation sites (N-methyl/N-ethyl adjacent to an activating group) is 1. The minimum atomic E-state index is -0.180. The maximum absolute atomic E-state index is 11.1. The van der Waals surface area contributed by atoms with E-state index in [1.165, 1.54) is 0 Å². The highest BCUT2D eigenvalue weighted by molar-refractivity contribution is 5.69. The number of rotatable bonds is 4. The van der Waals surface area contributed by atoms with E-state index in [0.29, 0.717) is 18.6 Å². The highest BCUT2D eigenvalue weighted by Crippen LogP contribution is 2.08. The minimum Gasteiger partial charge on any atom is -0.448 e. The molecule has 76 valence electrons. The van der Waals surface area contributed by atoms with Gasteiger partial charge in [0.05, 0.1) is 6.54 Å². The highest BCUT2D eigenvalue weighted by atomic mass is 16.6. The van der Waals surface area contributed by atoms with Crippen LogP contribution in [0.4, 0.5) is 4.79 Å². The monoisotopic (exact) mass is 186 g/mol. The second-order valence-electron chi connectivity index (χ2n) is 3.70. The lowest BCUT2D eigenvalue weighted by Crippen LogP contribution is -2.43. The molecule has 0 bridgehead atoms. The average molecular weight is 186 g/mol. The Morgan fingerprint density at radius 2 is 2.31 bits per heavy atom. The second-order valence-corrected chi connectivity index (χ2v) is 3.70. The molecule has 0 saturated carbocycles. The number of cyclic esters (lactones) is 1. The van der Waals surface area contributed by atoms with Gasteiger partial charge < -0.3 is 15.0 Å². The number of carbonyl (C=O) groups is 1. The van der Waals surface area contributed by atoms with Gasteiger partial charge in [0.25, 0.3) is 0 Å². The molecule has 13 heavy (non-hydrogen) atoms. The third-order valence-electron chi connectivity index (χ3n) is 2.44. The molecule has 0 aliphatic carbocycles. The molecule has 0 aromatic heterocycles. The zero-order valence-corrected chi connectivity index (χ0v) is 8.54. The first-order valence-corrected chi connectivity index (χ1v) is 4.74. The van der Waals surface area contributed by atoms with Crippen molar-refractivity contribution in [1.82, 2.24) is 10.2 Å².